The molecule has 1 atom stereocenters. The van der Waals surface area contributed by atoms with E-state index < -0.39 is 9.84 Å². The Morgan fingerprint density at radius 2 is 1.87 bits per heavy atom. The minimum atomic E-state index is -3.00. The molecular weight excluding hydrogens is 316 g/mol. The lowest BCUT2D eigenvalue weighted by Crippen LogP contribution is -2.62. The maximum Gasteiger partial charge on any atom is 0.317 e. The van der Waals surface area contributed by atoms with E-state index in [1.54, 1.807) is 0 Å². The second kappa shape index (κ2) is 6.59. The van der Waals surface area contributed by atoms with Crippen LogP contribution in [0.15, 0.2) is 0 Å². The third kappa shape index (κ3) is 5.35. The molecule has 1 saturated heterocycles. The molecule has 0 bridgehead atoms. The molecule has 2 amide bonds. The van der Waals surface area contributed by atoms with Crippen LogP contribution in [0.25, 0.3) is 0 Å². The molecule has 0 aromatic carbocycles. The highest BCUT2D eigenvalue weighted by atomic mass is 32.2. The molecule has 2 rings (SSSR count). The Labute approximate surface area is 139 Å². The third-order valence-corrected chi connectivity index (χ3v) is 5.61. The first-order valence-corrected chi connectivity index (χ1v) is 10.5. The molecule has 0 radical (unpaired) electrons. The molecule has 1 N–H and O–H groups in total. The molecule has 1 aliphatic heterocycles. The highest BCUT2D eigenvalue weighted by Gasteiger charge is 2.47. The number of sulfone groups is 1. The zero-order valence-corrected chi connectivity index (χ0v) is 15.5. The van der Waals surface area contributed by atoms with Crippen molar-refractivity contribution in [2.75, 3.05) is 25.1 Å². The fourth-order valence-corrected chi connectivity index (χ4v) is 4.48. The van der Waals surface area contributed by atoms with Crippen LogP contribution in [0.2, 0.25) is 0 Å². The van der Waals surface area contributed by atoms with Crippen LogP contribution in [0.3, 0.4) is 0 Å². The van der Waals surface area contributed by atoms with Crippen LogP contribution >= 0.6 is 0 Å². The number of carbonyl (C=O) groups excluding carboxylic acids is 1. The van der Waals surface area contributed by atoms with Gasteiger partial charge in [-0.25, -0.2) is 13.2 Å². The Balaban J connectivity index is 1.95. The van der Waals surface area contributed by atoms with E-state index in [2.05, 4.69) is 5.32 Å². The number of nitrogens with zero attached hydrogens (tertiary/aromatic N) is 1. The Bertz CT molecular complexity index is 538. The molecule has 0 unspecified atom stereocenters. The molecule has 7 heteroatoms. The average Bonchev–Trinajstić information content (AvgIpc) is 2.81. The van der Waals surface area contributed by atoms with Gasteiger partial charge in [0, 0.05) is 12.3 Å². The zero-order valence-electron chi connectivity index (χ0n) is 14.7. The first-order chi connectivity index (χ1) is 10.5. The molecule has 0 aromatic heterocycles. The second-order valence-electron chi connectivity index (χ2n) is 7.88. The van der Waals surface area contributed by atoms with Crippen LogP contribution < -0.4 is 5.32 Å². The Hall–Kier alpha value is -0.820. The fraction of sp³-hybridized carbons (Fsp3) is 0.938. The van der Waals surface area contributed by atoms with Gasteiger partial charge in [-0.05, 0) is 40.0 Å². The molecule has 1 saturated carbocycles. The molecule has 1 spiro atoms. The predicted molar refractivity (Wildman–Crippen MR) is 90.3 cm³/mol. The van der Waals surface area contributed by atoms with E-state index in [9.17, 15) is 13.2 Å². The van der Waals surface area contributed by atoms with Gasteiger partial charge in [0.05, 0.1) is 30.0 Å². The quantitative estimate of drug-likeness (QED) is 0.844. The maximum absolute atomic E-state index is 12.6. The lowest BCUT2D eigenvalue weighted by Gasteiger charge is -2.48. The summed E-state index contributed by atoms with van der Waals surface area (Å²) in [5.41, 5.74) is -0.551. The zero-order chi connectivity index (χ0) is 17.3. The second-order valence-corrected chi connectivity index (χ2v) is 10.1. The van der Waals surface area contributed by atoms with Gasteiger partial charge in [-0.1, -0.05) is 12.8 Å². The van der Waals surface area contributed by atoms with Gasteiger partial charge in [0.1, 0.15) is 9.84 Å². The molecule has 2 aliphatic rings. The van der Waals surface area contributed by atoms with Gasteiger partial charge in [-0.15, -0.1) is 0 Å². The van der Waals surface area contributed by atoms with Crippen molar-refractivity contribution in [1.82, 2.24) is 10.2 Å². The lowest BCUT2D eigenvalue weighted by molar-refractivity contribution is -0.184. The number of ether oxygens (including phenoxy) is 1. The molecular formula is C16H30N2O4S. The summed E-state index contributed by atoms with van der Waals surface area (Å²) in [7, 11) is -3.00. The summed E-state index contributed by atoms with van der Waals surface area (Å²) in [5, 5.41) is 2.93. The smallest absolute Gasteiger partial charge is 0.317 e. The SMILES string of the molecule is C[C@@H](CCS(C)(=O)=O)NC(=O)N1CC(C)(C)OC2(CCCC2)C1. The van der Waals surface area contributed by atoms with Gasteiger partial charge in [-0.2, -0.15) is 0 Å². The summed E-state index contributed by atoms with van der Waals surface area (Å²) in [6.45, 7) is 7.08. The van der Waals surface area contributed by atoms with Crippen molar-refractivity contribution in [3.8, 4) is 0 Å². The molecule has 1 heterocycles. The number of amides is 2. The van der Waals surface area contributed by atoms with Crippen molar-refractivity contribution in [1.29, 1.82) is 0 Å². The number of hydrogen-bond acceptors (Lipinski definition) is 4. The maximum atomic E-state index is 12.6. The molecule has 23 heavy (non-hydrogen) atoms. The van der Waals surface area contributed by atoms with Crippen LogP contribution in [0.1, 0.15) is 52.9 Å². The first-order valence-electron chi connectivity index (χ1n) is 8.44. The van der Waals surface area contributed by atoms with Crippen molar-refractivity contribution in [2.24, 2.45) is 0 Å². The van der Waals surface area contributed by atoms with Crippen LogP contribution in [-0.4, -0.2) is 61.7 Å². The van der Waals surface area contributed by atoms with Gasteiger partial charge in [0.2, 0.25) is 0 Å². The van der Waals surface area contributed by atoms with E-state index in [0.717, 1.165) is 25.7 Å². The topological polar surface area (TPSA) is 75.7 Å². The normalized spacial score (nSPS) is 24.6. The molecule has 6 nitrogen and oxygen atoms in total. The Morgan fingerprint density at radius 1 is 1.26 bits per heavy atom. The van der Waals surface area contributed by atoms with E-state index in [4.69, 9.17) is 4.74 Å². The van der Waals surface area contributed by atoms with E-state index in [1.165, 1.54) is 6.26 Å². The largest absolute Gasteiger partial charge is 0.365 e. The lowest BCUT2D eigenvalue weighted by atomic mass is 9.94. The van der Waals surface area contributed by atoms with Crippen molar-refractivity contribution >= 4 is 15.9 Å². The minimum absolute atomic E-state index is 0.0903. The van der Waals surface area contributed by atoms with E-state index >= 15 is 0 Å². The number of hydrogen-bond donors (Lipinski definition) is 1. The summed E-state index contributed by atoms with van der Waals surface area (Å²) >= 11 is 0. The summed E-state index contributed by atoms with van der Waals surface area (Å²) in [6, 6.07) is -0.281. The van der Waals surface area contributed by atoms with Gasteiger partial charge in [-0.3, -0.25) is 0 Å². The summed E-state index contributed by atoms with van der Waals surface area (Å²) in [5.74, 6) is 0.0903. The highest BCUT2D eigenvalue weighted by molar-refractivity contribution is 7.90. The summed E-state index contributed by atoms with van der Waals surface area (Å²) in [4.78, 5) is 14.4. The predicted octanol–water partition coefficient (Wildman–Crippen LogP) is 1.94. The number of rotatable bonds is 4. The van der Waals surface area contributed by atoms with Crippen molar-refractivity contribution in [2.45, 2.75) is 70.1 Å². The summed E-state index contributed by atoms with van der Waals surface area (Å²) < 4.78 is 28.8. The van der Waals surface area contributed by atoms with E-state index in [-0.39, 0.29) is 29.0 Å². The molecule has 134 valence electrons. The van der Waals surface area contributed by atoms with E-state index in [1.807, 2.05) is 25.7 Å². The summed E-state index contributed by atoms with van der Waals surface area (Å²) in [6.07, 6.45) is 5.96. The monoisotopic (exact) mass is 346 g/mol. The van der Waals surface area contributed by atoms with Gasteiger partial charge in [0.25, 0.3) is 0 Å². The molecule has 0 aromatic rings. The van der Waals surface area contributed by atoms with Crippen LogP contribution in [0.5, 0.6) is 0 Å². The molecule has 2 fully saturated rings. The minimum Gasteiger partial charge on any atom is -0.365 e. The van der Waals surface area contributed by atoms with Crippen LogP contribution in [-0.2, 0) is 14.6 Å². The van der Waals surface area contributed by atoms with E-state index in [0.29, 0.717) is 19.5 Å². The number of carbonyl (C=O) groups is 1. The average molecular weight is 346 g/mol. The standard InChI is InChI=1S/C16H30N2O4S/c1-13(7-10-23(4,20)21)17-14(19)18-11-15(2,3)22-16(12-18)8-5-6-9-16/h13H,5-12H2,1-4H3,(H,17,19)/t13-/m0/s1. The van der Waals surface area contributed by atoms with Gasteiger partial charge >= 0.3 is 6.03 Å². The van der Waals surface area contributed by atoms with Gasteiger partial charge < -0.3 is 15.0 Å². The first kappa shape index (κ1) is 18.5. The Kier molecular flexibility index (Phi) is 5.31. The van der Waals surface area contributed by atoms with Gasteiger partial charge in [0.15, 0.2) is 0 Å². The van der Waals surface area contributed by atoms with Crippen LogP contribution in [0, 0.1) is 0 Å². The third-order valence-electron chi connectivity index (χ3n) is 4.64. The van der Waals surface area contributed by atoms with Crippen LogP contribution in [0.4, 0.5) is 4.79 Å². The number of nitrogens with one attached hydrogen (secondary N) is 1. The van der Waals surface area contributed by atoms with Crippen molar-refractivity contribution in [3.63, 3.8) is 0 Å². The molecule has 1 aliphatic carbocycles. The number of urea groups is 1. The fourth-order valence-electron chi connectivity index (χ4n) is 3.70. The van der Waals surface area contributed by atoms with Crippen molar-refractivity contribution < 1.29 is 17.9 Å². The highest BCUT2D eigenvalue weighted by Crippen LogP contribution is 2.40. The number of morpholine rings is 1. The Morgan fingerprint density at radius 3 is 2.43 bits per heavy atom. The van der Waals surface area contributed by atoms with Crippen molar-refractivity contribution in [3.05, 3.63) is 0 Å².